The normalized spacial score (nSPS) is 14.5. The maximum atomic E-state index is 9.80. The van der Waals surface area contributed by atoms with Crippen molar-refractivity contribution >= 4 is 11.3 Å². The Bertz CT molecular complexity index is 246. The standard InChI is InChI=1S/C9H15NO2S/c1-9(2,12-3)8(11)4-7-5-10-6-13-7/h5-6,8,11H,4H2,1-3H3. The summed E-state index contributed by atoms with van der Waals surface area (Å²) in [5.74, 6) is 0. The van der Waals surface area contributed by atoms with Gasteiger partial charge in [-0.1, -0.05) is 0 Å². The van der Waals surface area contributed by atoms with Crippen molar-refractivity contribution in [1.82, 2.24) is 4.98 Å². The molecule has 0 saturated carbocycles. The Morgan fingerprint density at radius 1 is 1.69 bits per heavy atom. The molecule has 0 fully saturated rings. The first-order valence-electron chi connectivity index (χ1n) is 4.17. The Balaban J connectivity index is 2.55. The van der Waals surface area contributed by atoms with Crippen molar-refractivity contribution in [2.75, 3.05) is 7.11 Å². The largest absolute Gasteiger partial charge is 0.390 e. The highest BCUT2D eigenvalue weighted by molar-refractivity contribution is 7.09. The van der Waals surface area contributed by atoms with Crippen LogP contribution in [-0.2, 0) is 11.2 Å². The van der Waals surface area contributed by atoms with Gasteiger partial charge in [0.1, 0.15) is 0 Å². The molecule has 0 bridgehead atoms. The van der Waals surface area contributed by atoms with Crippen LogP contribution in [-0.4, -0.2) is 28.9 Å². The molecule has 0 radical (unpaired) electrons. The maximum absolute atomic E-state index is 9.80. The van der Waals surface area contributed by atoms with E-state index in [1.807, 2.05) is 13.8 Å². The number of hydrogen-bond donors (Lipinski definition) is 1. The van der Waals surface area contributed by atoms with Crippen LogP contribution in [0.4, 0.5) is 0 Å². The second-order valence-corrected chi connectivity index (χ2v) is 4.47. The first-order chi connectivity index (χ1) is 6.06. The topological polar surface area (TPSA) is 42.4 Å². The van der Waals surface area contributed by atoms with Gasteiger partial charge in [0.2, 0.25) is 0 Å². The zero-order valence-corrected chi connectivity index (χ0v) is 8.97. The molecule has 1 unspecified atom stereocenters. The predicted molar refractivity (Wildman–Crippen MR) is 52.9 cm³/mol. The molecule has 1 rings (SSSR count). The number of methoxy groups -OCH3 is 1. The van der Waals surface area contributed by atoms with Gasteiger partial charge in [0.25, 0.3) is 0 Å². The van der Waals surface area contributed by atoms with E-state index >= 15 is 0 Å². The molecule has 1 aromatic heterocycles. The number of ether oxygens (including phenoxy) is 1. The van der Waals surface area contributed by atoms with Crippen LogP contribution >= 0.6 is 11.3 Å². The molecular weight excluding hydrogens is 186 g/mol. The van der Waals surface area contributed by atoms with Gasteiger partial charge >= 0.3 is 0 Å². The fraction of sp³-hybridized carbons (Fsp3) is 0.667. The third-order valence-corrected chi connectivity index (χ3v) is 3.01. The average molecular weight is 201 g/mol. The zero-order chi connectivity index (χ0) is 9.90. The van der Waals surface area contributed by atoms with E-state index < -0.39 is 11.7 Å². The number of aromatic nitrogens is 1. The van der Waals surface area contributed by atoms with Gasteiger partial charge in [-0.2, -0.15) is 0 Å². The van der Waals surface area contributed by atoms with Crippen molar-refractivity contribution < 1.29 is 9.84 Å². The molecule has 1 aromatic rings. The second-order valence-electron chi connectivity index (χ2n) is 3.50. The lowest BCUT2D eigenvalue weighted by atomic mass is 9.98. The lowest BCUT2D eigenvalue weighted by Gasteiger charge is -2.28. The number of aliphatic hydroxyl groups is 1. The van der Waals surface area contributed by atoms with Gasteiger partial charge in [-0.15, -0.1) is 11.3 Å². The summed E-state index contributed by atoms with van der Waals surface area (Å²) < 4.78 is 5.18. The average Bonchev–Trinajstić information content (AvgIpc) is 2.57. The molecule has 0 saturated heterocycles. The van der Waals surface area contributed by atoms with E-state index in [0.29, 0.717) is 6.42 Å². The van der Waals surface area contributed by atoms with Crippen LogP contribution in [0.15, 0.2) is 11.7 Å². The molecule has 74 valence electrons. The maximum Gasteiger partial charge on any atom is 0.0884 e. The quantitative estimate of drug-likeness (QED) is 0.802. The van der Waals surface area contributed by atoms with Gasteiger partial charge in [-0.3, -0.25) is 4.98 Å². The first kappa shape index (κ1) is 10.6. The monoisotopic (exact) mass is 201 g/mol. The number of nitrogens with zero attached hydrogens (tertiary/aromatic N) is 1. The van der Waals surface area contributed by atoms with Crippen LogP contribution in [0.1, 0.15) is 18.7 Å². The van der Waals surface area contributed by atoms with E-state index in [9.17, 15) is 5.11 Å². The van der Waals surface area contributed by atoms with Crippen molar-refractivity contribution in [2.45, 2.75) is 32.0 Å². The molecule has 0 aliphatic rings. The third-order valence-electron chi connectivity index (χ3n) is 2.21. The molecule has 0 spiro atoms. The van der Waals surface area contributed by atoms with Crippen LogP contribution in [0, 0.1) is 0 Å². The summed E-state index contributed by atoms with van der Waals surface area (Å²) in [6.07, 6.45) is 1.89. The highest BCUT2D eigenvalue weighted by atomic mass is 32.1. The molecule has 4 heteroatoms. The molecule has 0 aliphatic carbocycles. The highest BCUT2D eigenvalue weighted by Crippen LogP contribution is 2.19. The Morgan fingerprint density at radius 3 is 2.85 bits per heavy atom. The first-order valence-corrected chi connectivity index (χ1v) is 5.05. The van der Waals surface area contributed by atoms with Crippen molar-refractivity contribution in [3.05, 3.63) is 16.6 Å². The second kappa shape index (κ2) is 4.17. The lowest BCUT2D eigenvalue weighted by molar-refractivity contribution is -0.0762. The zero-order valence-electron chi connectivity index (χ0n) is 8.15. The number of rotatable bonds is 4. The van der Waals surface area contributed by atoms with E-state index in [1.165, 1.54) is 0 Å². The van der Waals surface area contributed by atoms with Gasteiger partial charge in [0.05, 0.1) is 17.2 Å². The smallest absolute Gasteiger partial charge is 0.0884 e. The van der Waals surface area contributed by atoms with E-state index in [2.05, 4.69) is 4.98 Å². The molecule has 3 nitrogen and oxygen atoms in total. The van der Waals surface area contributed by atoms with Crippen LogP contribution in [0.2, 0.25) is 0 Å². The fourth-order valence-electron chi connectivity index (χ4n) is 0.915. The summed E-state index contributed by atoms with van der Waals surface area (Å²) in [7, 11) is 1.61. The van der Waals surface area contributed by atoms with E-state index in [4.69, 9.17) is 4.74 Å². The van der Waals surface area contributed by atoms with Crippen LogP contribution < -0.4 is 0 Å². The molecule has 13 heavy (non-hydrogen) atoms. The summed E-state index contributed by atoms with van der Waals surface area (Å²) >= 11 is 1.55. The van der Waals surface area contributed by atoms with Crippen LogP contribution in [0.5, 0.6) is 0 Å². The van der Waals surface area contributed by atoms with Gasteiger partial charge < -0.3 is 9.84 Å². The van der Waals surface area contributed by atoms with Gasteiger partial charge in [0.15, 0.2) is 0 Å². The summed E-state index contributed by atoms with van der Waals surface area (Å²) in [5, 5.41) is 9.80. The Labute approximate surface area is 82.4 Å². The van der Waals surface area contributed by atoms with E-state index in [-0.39, 0.29) is 0 Å². The van der Waals surface area contributed by atoms with Crippen molar-refractivity contribution in [2.24, 2.45) is 0 Å². The molecule has 1 heterocycles. The number of aliphatic hydroxyl groups excluding tert-OH is 1. The molecule has 1 N–H and O–H groups in total. The Hall–Kier alpha value is -0.450. The van der Waals surface area contributed by atoms with Gasteiger partial charge in [-0.05, 0) is 13.8 Å². The minimum Gasteiger partial charge on any atom is -0.390 e. The fourth-order valence-corrected chi connectivity index (χ4v) is 1.55. The van der Waals surface area contributed by atoms with Crippen LogP contribution in [0.25, 0.3) is 0 Å². The highest BCUT2D eigenvalue weighted by Gasteiger charge is 2.27. The van der Waals surface area contributed by atoms with E-state index in [1.54, 1.807) is 30.2 Å². The Morgan fingerprint density at radius 2 is 2.38 bits per heavy atom. The lowest BCUT2D eigenvalue weighted by Crippen LogP contribution is -2.39. The van der Waals surface area contributed by atoms with Crippen molar-refractivity contribution in [3.8, 4) is 0 Å². The predicted octanol–water partition coefficient (Wildman–Crippen LogP) is 1.47. The molecule has 0 amide bonds. The number of hydrogen-bond acceptors (Lipinski definition) is 4. The molecular formula is C9H15NO2S. The van der Waals surface area contributed by atoms with Crippen LogP contribution in [0.3, 0.4) is 0 Å². The Kier molecular flexibility index (Phi) is 3.41. The summed E-state index contributed by atoms with van der Waals surface area (Å²) in [5.41, 5.74) is 1.27. The summed E-state index contributed by atoms with van der Waals surface area (Å²) in [6.45, 7) is 3.75. The molecule has 1 atom stereocenters. The minimum atomic E-state index is -0.496. The SMILES string of the molecule is COC(C)(C)C(O)Cc1cncs1. The summed E-state index contributed by atoms with van der Waals surface area (Å²) in [4.78, 5) is 5.03. The van der Waals surface area contributed by atoms with Gasteiger partial charge in [0, 0.05) is 24.6 Å². The van der Waals surface area contributed by atoms with Crippen molar-refractivity contribution in [3.63, 3.8) is 0 Å². The third kappa shape index (κ3) is 2.76. The summed E-state index contributed by atoms with van der Waals surface area (Å²) in [6, 6.07) is 0. The van der Waals surface area contributed by atoms with Gasteiger partial charge in [-0.25, -0.2) is 0 Å². The van der Waals surface area contributed by atoms with Crippen molar-refractivity contribution in [1.29, 1.82) is 0 Å². The minimum absolute atomic E-state index is 0.488. The molecule has 0 aromatic carbocycles. The number of thiazole rings is 1. The van der Waals surface area contributed by atoms with E-state index in [0.717, 1.165) is 4.88 Å². The molecule has 0 aliphatic heterocycles.